The second-order valence-corrected chi connectivity index (χ2v) is 22.4. The van der Waals surface area contributed by atoms with Crippen molar-refractivity contribution in [3.63, 3.8) is 0 Å². The van der Waals surface area contributed by atoms with Crippen molar-refractivity contribution < 1.29 is 53.9 Å². The summed E-state index contributed by atoms with van der Waals surface area (Å²) in [5.74, 6) is -0.236. The third kappa shape index (κ3) is 13.1. The van der Waals surface area contributed by atoms with Crippen LogP contribution < -0.4 is 25.4 Å². The van der Waals surface area contributed by atoms with E-state index in [2.05, 4.69) is 37.9 Å². The van der Waals surface area contributed by atoms with Gasteiger partial charge in [0.15, 0.2) is 0 Å². The second kappa shape index (κ2) is 22.5. The minimum atomic E-state index is -5.20. The van der Waals surface area contributed by atoms with Crippen LogP contribution in [0.15, 0.2) is 120 Å². The van der Waals surface area contributed by atoms with Crippen LogP contribution in [0, 0.1) is 0 Å². The van der Waals surface area contributed by atoms with Crippen LogP contribution in [0.2, 0.25) is 10.0 Å². The number of halogens is 8. The lowest BCUT2D eigenvalue weighted by molar-refractivity contribution is -0.143. The van der Waals surface area contributed by atoms with Crippen LogP contribution in [0.3, 0.4) is 0 Å². The SMILES string of the molecule is O=C(CNC(=O)C1c2ccccc2Oc2ccccc21)NC1CC2CCC(C1)N2Cc1ccc(Cl)cc1.O=C(CNS(=O)(=O)c1cc(C(F)(F)F)cc(C(F)(F)F)c1)NC1CC2CCC(C1)N2Cc1ccc(Cl)cc1. The number of nitrogens with one attached hydrogen (secondary N) is 4. The van der Waals surface area contributed by atoms with Crippen molar-refractivity contribution in [1.29, 1.82) is 0 Å². The summed E-state index contributed by atoms with van der Waals surface area (Å²) in [6.07, 6.45) is -3.09. The molecule has 10 rings (SSSR count). The van der Waals surface area contributed by atoms with Gasteiger partial charge in [-0.15, -0.1) is 0 Å². The smallest absolute Gasteiger partial charge is 0.416 e. The van der Waals surface area contributed by atoms with Gasteiger partial charge in [-0.1, -0.05) is 83.9 Å². The zero-order valence-electron chi connectivity index (χ0n) is 40.3. The van der Waals surface area contributed by atoms with E-state index in [-0.39, 0.29) is 60.7 Å². The van der Waals surface area contributed by atoms with E-state index in [1.54, 1.807) is 0 Å². The van der Waals surface area contributed by atoms with Gasteiger partial charge in [-0.25, -0.2) is 13.1 Å². The van der Waals surface area contributed by atoms with Crippen molar-refractivity contribution in [2.75, 3.05) is 13.1 Å². The Morgan fingerprint density at radius 3 is 1.39 bits per heavy atom. The summed E-state index contributed by atoms with van der Waals surface area (Å²) >= 11 is 12.0. The number of fused-ring (bicyclic) bond motifs is 6. The van der Waals surface area contributed by atoms with Gasteiger partial charge in [-0.05, 0) is 117 Å². The first-order valence-corrected chi connectivity index (χ1v) is 26.9. The van der Waals surface area contributed by atoms with E-state index >= 15 is 0 Å². The number of benzene rings is 5. The number of piperidine rings is 2. The van der Waals surface area contributed by atoms with Gasteiger partial charge in [0.25, 0.3) is 0 Å². The molecule has 5 aliphatic rings. The molecule has 12 nitrogen and oxygen atoms in total. The Bertz CT molecular complexity index is 2900. The van der Waals surface area contributed by atoms with E-state index in [4.69, 9.17) is 27.9 Å². The highest BCUT2D eigenvalue weighted by Crippen LogP contribution is 2.44. The summed E-state index contributed by atoms with van der Waals surface area (Å²) in [5, 5.41) is 10.2. The Morgan fingerprint density at radius 1 is 0.573 bits per heavy atom. The molecule has 0 spiro atoms. The van der Waals surface area contributed by atoms with E-state index < -0.39 is 56.8 Å². The Balaban J connectivity index is 0.000000184. The van der Waals surface area contributed by atoms with Crippen LogP contribution in [-0.4, -0.2) is 85.3 Å². The molecule has 0 aliphatic carbocycles. The summed E-state index contributed by atoms with van der Waals surface area (Å²) in [6.45, 7) is 0.766. The van der Waals surface area contributed by atoms with Gasteiger partial charge < -0.3 is 20.7 Å². The molecule has 4 saturated heterocycles. The van der Waals surface area contributed by atoms with Crippen molar-refractivity contribution in [2.24, 2.45) is 0 Å². The first-order valence-electron chi connectivity index (χ1n) is 24.7. The fourth-order valence-electron chi connectivity index (χ4n) is 11.2. The van der Waals surface area contributed by atoms with Crippen LogP contribution in [-0.2, 0) is 49.8 Å². The number of carbonyl (C=O) groups is 3. The van der Waals surface area contributed by atoms with Crippen LogP contribution >= 0.6 is 23.2 Å². The number of amides is 3. The summed E-state index contributed by atoms with van der Waals surface area (Å²) in [7, 11) is -4.85. The average Bonchev–Trinajstić information content (AvgIpc) is 3.73. The predicted octanol–water partition coefficient (Wildman–Crippen LogP) is 9.97. The van der Waals surface area contributed by atoms with E-state index in [0.29, 0.717) is 41.4 Å². The molecule has 5 aliphatic heterocycles. The number of ether oxygens (including phenoxy) is 1. The number of alkyl halides is 6. The Hall–Kier alpha value is -5.70. The van der Waals surface area contributed by atoms with Crippen LogP contribution in [0.5, 0.6) is 11.5 Å². The van der Waals surface area contributed by atoms with Crippen molar-refractivity contribution in [3.05, 3.63) is 159 Å². The average molecular weight is 1100 g/mol. The Morgan fingerprint density at radius 2 is 0.973 bits per heavy atom. The lowest BCUT2D eigenvalue weighted by Crippen LogP contribution is -2.51. The molecule has 4 N–H and O–H groups in total. The highest BCUT2D eigenvalue weighted by atomic mass is 35.5. The molecule has 5 heterocycles. The molecule has 0 aromatic heterocycles. The molecular formula is C54H54Cl2F6N6O6S. The quantitative estimate of drug-likeness (QED) is 0.0852. The Labute approximate surface area is 440 Å². The number of nitrogens with zero attached hydrogens (tertiary/aromatic N) is 2. The molecular weight excluding hydrogens is 1050 g/mol. The van der Waals surface area contributed by atoms with Crippen LogP contribution in [0.1, 0.15) is 90.7 Å². The fourth-order valence-corrected chi connectivity index (χ4v) is 12.6. The van der Waals surface area contributed by atoms with Crippen molar-refractivity contribution in [3.8, 4) is 11.5 Å². The molecule has 4 atom stereocenters. The maximum absolute atomic E-state index is 13.3. The third-order valence-corrected chi connectivity index (χ3v) is 16.6. The fraction of sp³-hybridized carbons (Fsp3) is 0.389. The molecule has 4 bridgehead atoms. The molecule has 0 saturated carbocycles. The summed E-state index contributed by atoms with van der Waals surface area (Å²) < 4.78 is 111. The molecule has 4 fully saturated rings. The number of rotatable bonds is 13. The highest BCUT2D eigenvalue weighted by molar-refractivity contribution is 7.89. The lowest BCUT2D eigenvalue weighted by atomic mass is 9.87. The van der Waals surface area contributed by atoms with Gasteiger partial charge in [0.05, 0.1) is 35.0 Å². The number of hydrogen-bond acceptors (Lipinski definition) is 8. The topological polar surface area (TPSA) is 149 Å². The zero-order valence-corrected chi connectivity index (χ0v) is 42.6. The number of hydrogen-bond donors (Lipinski definition) is 4. The minimum Gasteiger partial charge on any atom is -0.457 e. The van der Waals surface area contributed by atoms with Crippen molar-refractivity contribution in [2.45, 2.75) is 124 Å². The number of para-hydroxylation sites is 2. The van der Waals surface area contributed by atoms with Crippen LogP contribution in [0.25, 0.3) is 0 Å². The Kier molecular flexibility index (Phi) is 16.2. The number of sulfonamides is 1. The summed E-state index contributed by atoms with van der Waals surface area (Å²) in [4.78, 5) is 42.3. The normalized spacial score (nSPS) is 22.5. The monoisotopic (exact) mass is 1100 g/mol. The molecule has 5 aromatic rings. The number of carbonyl (C=O) groups excluding carboxylic acids is 3. The van der Waals surface area contributed by atoms with E-state index in [1.165, 1.54) is 5.56 Å². The zero-order chi connectivity index (χ0) is 53.2. The molecule has 5 aromatic carbocycles. The highest BCUT2D eigenvalue weighted by Gasteiger charge is 2.43. The van der Waals surface area contributed by atoms with E-state index in [1.807, 2.05) is 89.7 Å². The van der Waals surface area contributed by atoms with Crippen LogP contribution in [0.4, 0.5) is 26.3 Å². The van der Waals surface area contributed by atoms with Gasteiger partial charge in [-0.3, -0.25) is 24.2 Å². The second-order valence-electron chi connectivity index (χ2n) is 19.7. The molecule has 75 heavy (non-hydrogen) atoms. The van der Waals surface area contributed by atoms with Gasteiger partial charge >= 0.3 is 12.4 Å². The van der Waals surface area contributed by atoms with Crippen molar-refractivity contribution in [1.82, 2.24) is 30.5 Å². The van der Waals surface area contributed by atoms with Gasteiger partial charge in [0.2, 0.25) is 27.7 Å². The van der Waals surface area contributed by atoms with Gasteiger partial charge in [0, 0.05) is 70.5 Å². The van der Waals surface area contributed by atoms with Gasteiger partial charge in [-0.2, -0.15) is 26.3 Å². The predicted molar refractivity (Wildman–Crippen MR) is 269 cm³/mol. The molecule has 21 heteroatoms. The maximum atomic E-state index is 13.3. The molecule has 3 amide bonds. The minimum absolute atomic E-state index is 0.0408. The molecule has 4 unspecified atom stereocenters. The summed E-state index contributed by atoms with van der Waals surface area (Å²) in [5.41, 5.74) is 0.456. The molecule has 398 valence electrons. The van der Waals surface area contributed by atoms with Gasteiger partial charge in [0.1, 0.15) is 11.5 Å². The standard InChI is InChI=1S/C30H30ClN3O3.C24H24ClF6N3O3S/c31-20-11-9-19(10-12-20)18-34-22-13-14-23(34)16-21(15-22)33-28(35)17-32-30(36)29-24-5-1-3-7-26(24)37-27-8-4-2-6-25(27)29;25-17-3-1-14(2-4-17)13-34-19-5-6-20(34)11-18(10-19)33-22(35)12-32-38(36,37)21-8-15(23(26,27)28)7-16(9-21)24(29,30)31/h1-12,21-23,29H,13-18H2,(H,32,36)(H,33,35);1-4,7-9,18-20,32H,5-6,10-13H2,(H,33,35). The first-order chi connectivity index (χ1) is 35.7. The third-order valence-electron chi connectivity index (χ3n) is 14.7. The largest absolute Gasteiger partial charge is 0.457 e. The first kappa shape index (κ1) is 54.1. The van der Waals surface area contributed by atoms with E-state index in [9.17, 15) is 49.1 Å². The summed E-state index contributed by atoms with van der Waals surface area (Å²) in [6, 6.07) is 32.0. The van der Waals surface area contributed by atoms with E-state index in [0.717, 1.165) is 73.3 Å². The molecule has 0 radical (unpaired) electrons. The maximum Gasteiger partial charge on any atom is 0.416 e. The van der Waals surface area contributed by atoms with Crippen molar-refractivity contribution >= 4 is 50.9 Å². The lowest BCUT2D eigenvalue weighted by Gasteiger charge is -2.39.